The molecular formula is C21H22N4O3. The average Bonchev–Trinajstić information content (AvgIpc) is 3.11. The topological polar surface area (TPSA) is 101 Å². The van der Waals surface area contributed by atoms with Crippen molar-refractivity contribution in [2.75, 3.05) is 0 Å². The summed E-state index contributed by atoms with van der Waals surface area (Å²) in [6, 6.07) is 12.5. The fourth-order valence-corrected chi connectivity index (χ4v) is 3.89. The van der Waals surface area contributed by atoms with E-state index in [4.69, 9.17) is 0 Å². The molecule has 1 aliphatic rings. The van der Waals surface area contributed by atoms with E-state index in [2.05, 4.69) is 15.3 Å². The zero-order chi connectivity index (χ0) is 19.7. The molecule has 0 spiro atoms. The molecule has 0 bridgehead atoms. The molecule has 2 N–H and O–H groups in total. The normalized spacial score (nSPS) is 19.5. The zero-order valence-corrected chi connectivity index (χ0v) is 15.6. The summed E-state index contributed by atoms with van der Waals surface area (Å²) in [4.78, 5) is 30.8. The van der Waals surface area contributed by atoms with Crippen LogP contribution in [0.3, 0.4) is 0 Å². The van der Waals surface area contributed by atoms with Crippen LogP contribution in [0.1, 0.15) is 53.3 Å². The van der Waals surface area contributed by atoms with Crippen molar-refractivity contribution < 1.29 is 9.72 Å². The number of hydrogen-bond acceptors (Lipinski definition) is 4. The molecule has 1 fully saturated rings. The molecule has 28 heavy (non-hydrogen) atoms. The highest BCUT2D eigenvalue weighted by Gasteiger charge is 2.26. The van der Waals surface area contributed by atoms with Crippen LogP contribution >= 0.6 is 0 Å². The Hall–Kier alpha value is -3.22. The number of aromatic nitrogens is 2. The van der Waals surface area contributed by atoms with Crippen molar-refractivity contribution in [1.29, 1.82) is 0 Å². The van der Waals surface area contributed by atoms with Crippen molar-refractivity contribution in [2.24, 2.45) is 0 Å². The number of H-pyrrole nitrogens is 1. The third kappa shape index (κ3) is 3.74. The minimum absolute atomic E-state index is 0.0248. The van der Waals surface area contributed by atoms with Gasteiger partial charge in [0.05, 0.1) is 16.0 Å². The second-order valence-electron chi connectivity index (χ2n) is 7.47. The maximum Gasteiger partial charge on any atom is 0.271 e. The van der Waals surface area contributed by atoms with Crippen LogP contribution in [0.5, 0.6) is 0 Å². The monoisotopic (exact) mass is 378 g/mol. The van der Waals surface area contributed by atoms with Gasteiger partial charge >= 0.3 is 0 Å². The fraction of sp³-hybridized carbons (Fsp3) is 0.333. The summed E-state index contributed by atoms with van der Waals surface area (Å²) in [6.07, 6.45) is 3.61. The highest BCUT2D eigenvalue weighted by molar-refractivity contribution is 5.94. The van der Waals surface area contributed by atoms with E-state index >= 15 is 0 Å². The lowest BCUT2D eigenvalue weighted by Crippen LogP contribution is -2.37. The molecule has 144 valence electrons. The van der Waals surface area contributed by atoms with Crippen LogP contribution in [0.2, 0.25) is 0 Å². The number of rotatable bonds is 4. The number of imidazole rings is 1. The fourth-order valence-electron chi connectivity index (χ4n) is 3.89. The van der Waals surface area contributed by atoms with Gasteiger partial charge in [0, 0.05) is 29.7 Å². The second kappa shape index (κ2) is 7.42. The van der Waals surface area contributed by atoms with Crippen molar-refractivity contribution in [3.05, 3.63) is 69.5 Å². The van der Waals surface area contributed by atoms with Gasteiger partial charge in [-0.05, 0) is 50.8 Å². The van der Waals surface area contributed by atoms with E-state index in [0.29, 0.717) is 11.1 Å². The first kappa shape index (κ1) is 18.2. The summed E-state index contributed by atoms with van der Waals surface area (Å²) in [5, 5.41) is 14.1. The summed E-state index contributed by atoms with van der Waals surface area (Å²) in [7, 11) is 0. The lowest BCUT2D eigenvalue weighted by molar-refractivity contribution is -0.384. The van der Waals surface area contributed by atoms with Gasteiger partial charge in [-0.1, -0.05) is 17.7 Å². The number of fused-ring (bicyclic) bond motifs is 1. The van der Waals surface area contributed by atoms with Crippen molar-refractivity contribution in [2.45, 2.75) is 44.6 Å². The smallest absolute Gasteiger partial charge is 0.271 e. The number of aryl methyl sites for hydroxylation is 1. The Morgan fingerprint density at radius 1 is 1.18 bits per heavy atom. The number of carbonyl (C=O) groups is 1. The van der Waals surface area contributed by atoms with Crippen molar-refractivity contribution >= 4 is 22.6 Å². The van der Waals surface area contributed by atoms with E-state index < -0.39 is 4.92 Å². The van der Waals surface area contributed by atoms with Gasteiger partial charge in [0.2, 0.25) is 0 Å². The molecule has 1 aromatic heterocycles. The lowest BCUT2D eigenvalue weighted by Gasteiger charge is -2.28. The van der Waals surface area contributed by atoms with E-state index in [0.717, 1.165) is 42.6 Å². The van der Waals surface area contributed by atoms with E-state index in [9.17, 15) is 14.9 Å². The highest BCUT2D eigenvalue weighted by atomic mass is 16.6. The van der Waals surface area contributed by atoms with Crippen LogP contribution < -0.4 is 5.32 Å². The maximum absolute atomic E-state index is 12.4. The lowest BCUT2D eigenvalue weighted by atomic mass is 9.85. The van der Waals surface area contributed by atoms with Crippen LogP contribution in [0.4, 0.5) is 5.69 Å². The van der Waals surface area contributed by atoms with Gasteiger partial charge in [-0.2, -0.15) is 0 Å². The second-order valence-corrected chi connectivity index (χ2v) is 7.47. The van der Waals surface area contributed by atoms with E-state index in [-0.39, 0.29) is 23.6 Å². The molecule has 0 saturated heterocycles. The van der Waals surface area contributed by atoms with Crippen LogP contribution in [0, 0.1) is 17.0 Å². The molecule has 1 amide bonds. The molecule has 0 radical (unpaired) electrons. The van der Waals surface area contributed by atoms with Gasteiger partial charge in [-0.3, -0.25) is 14.9 Å². The molecule has 0 aliphatic heterocycles. The molecule has 0 unspecified atom stereocenters. The molecule has 2 aromatic carbocycles. The molecule has 1 saturated carbocycles. The van der Waals surface area contributed by atoms with E-state index in [1.54, 1.807) is 6.07 Å². The maximum atomic E-state index is 12.4. The van der Waals surface area contributed by atoms with Crippen LogP contribution in [-0.4, -0.2) is 26.8 Å². The number of non-ortho nitro benzene ring substituents is 1. The van der Waals surface area contributed by atoms with Crippen molar-refractivity contribution in [1.82, 2.24) is 15.3 Å². The first-order chi connectivity index (χ1) is 13.5. The highest BCUT2D eigenvalue weighted by Crippen LogP contribution is 2.33. The average molecular weight is 378 g/mol. The van der Waals surface area contributed by atoms with Crippen molar-refractivity contribution in [3.8, 4) is 0 Å². The minimum atomic E-state index is -0.401. The first-order valence-electron chi connectivity index (χ1n) is 9.51. The van der Waals surface area contributed by atoms with Crippen LogP contribution in [0.25, 0.3) is 11.0 Å². The minimum Gasteiger partial charge on any atom is -0.349 e. The molecule has 4 rings (SSSR count). The Morgan fingerprint density at radius 2 is 1.96 bits per heavy atom. The number of hydrogen-bond donors (Lipinski definition) is 2. The summed E-state index contributed by atoms with van der Waals surface area (Å²) in [5.74, 6) is 1.13. The molecule has 7 nitrogen and oxygen atoms in total. The number of nitrogens with one attached hydrogen (secondary N) is 2. The number of carbonyl (C=O) groups excluding carboxylic acids is 1. The third-order valence-electron chi connectivity index (χ3n) is 5.42. The Balaban J connectivity index is 1.39. The molecule has 1 aliphatic carbocycles. The predicted octanol–water partition coefficient (Wildman–Crippen LogP) is 4.24. The number of nitro groups is 1. The van der Waals surface area contributed by atoms with E-state index in [1.807, 2.05) is 31.2 Å². The summed E-state index contributed by atoms with van der Waals surface area (Å²) in [6.45, 7) is 1.98. The standard InChI is InChI=1S/C21H22N4O3/c1-13-3-2-4-15(11-13)21(26)22-16-7-5-14(6-8-16)20-23-18-10-9-17(25(27)28)12-19(18)24-20/h2-4,9-12,14,16H,5-8H2,1H3,(H,22,26)(H,23,24). The number of nitrogens with zero attached hydrogens (tertiary/aromatic N) is 2. The van der Waals surface area contributed by atoms with Crippen molar-refractivity contribution in [3.63, 3.8) is 0 Å². The van der Waals surface area contributed by atoms with E-state index in [1.165, 1.54) is 12.1 Å². The number of aromatic amines is 1. The summed E-state index contributed by atoms with van der Waals surface area (Å²) >= 11 is 0. The molecule has 3 aromatic rings. The van der Waals surface area contributed by atoms with Gasteiger partial charge in [0.1, 0.15) is 5.82 Å². The Kier molecular flexibility index (Phi) is 4.81. The van der Waals surface area contributed by atoms with Gasteiger partial charge in [-0.15, -0.1) is 0 Å². The summed E-state index contributed by atoms with van der Waals surface area (Å²) in [5.41, 5.74) is 3.27. The van der Waals surface area contributed by atoms with Gasteiger partial charge in [0.15, 0.2) is 0 Å². The number of amides is 1. The third-order valence-corrected chi connectivity index (χ3v) is 5.42. The van der Waals surface area contributed by atoms with Crippen LogP contribution in [0.15, 0.2) is 42.5 Å². The number of benzene rings is 2. The zero-order valence-electron chi connectivity index (χ0n) is 15.6. The summed E-state index contributed by atoms with van der Waals surface area (Å²) < 4.78 is 0. The first-order valence-corrected chi connectivity index (χ1v) is 9.51. The Morgan fingerprint density at radius 3 is 2.68 bits per heavy atom. The Bertz CT molecular complexity index is 1040. The molecule has 1 heterocycles. The SMILES string of the molecule is Cc1cccc(C(=O)NC2CCC(c3nc4ccc([N+](=O)[O-])cc4[nH]3)CC2)c1. The van der Waals surface area contributed by atoms with Gasteiger partial charge in [0.25, 0.3) is 11.6 Å². The molecular weight excluding hydrogens is 356 g/mol. The van der Waals surface area contributed by atoms with Crippen LogP contribution in [-0.2, 0) is 0 Å². The number of nitro benzene ring substituents is 1. The predicted molar refractivity (Wildman–Crippen MR) is 106 cm³/mol. The van der Waals surface area contributed by atoms with Gasteiger partial charge < -0.3 is 10.3 Å². The Labute approximate surface area is 162 Å². The molecule has 0 atom stereocenters. The largest absolute Gasteiger partial charge is 0.349 e. The van der Waals surface area contributed by atoms with Gasteiger partial charge in [-0.25, -0.2) is 4.98 Å². The quantitative estimate of drug-likeness (QED) is 0.524. The molecule has 7 heteroatoms.